The van der Waals surface area contributed by atoms with Gasteiger partial charge in [-0.2, -0.15) is 5.10 Å². The summed E-state index contributed by atoms with van der Waals surface area (Å²) < 4.78 is 1.97. The highest BCUT2D eigenvalue weighted by Gasteiger charge is 2.13. The molecule has 2 aromatic heterocycles. The molecule has 0 aliphatic rings. The Balaban J connectivity index is 1.23. The monoisotopic (exact) mass is 598 g/mol. The van der Waals surface area contributed by atoms with Crippen molar-refractivity contribution >= 4 is 61.6 Å². The van der Waals surface area contributed by atoms with Crippen molar-refractivity contribution in [3.8, 4) is 0 Å². The number of anilines is 3. The Hall–Kier alpha value is -5.61. The summed E-state index contributed by atoms with van der Waals surface area (Å²) in [6.07, 6.45) is 6.87. The minimum atomic E-state index is -0.409. The molecule has 0 saturated heterocycles. The first kappa shape index (κ1) is 29.5. The number of hydrogen-bond acceptors (Lipinski definition) is 7. The Morgan fingerprint density at radius 3 is 2.47 bits per heavy atom. The summed E-state index contributed by atoms with van der Waals surface area (Å²) >= 11 is 0. The number of benzene rings is 4. The van der Waals surface area contributed by atoms with Crippen LogP contribution in [0.1, 0.15) is 12.0 Å². The summed E-state index contributed by atoms with van der Waals surface area (Å²) in [5.41, 5.74) is 4.27. The van der Waals surface area contributed by atoms with Crippen LogP contribution in [0.2, 0.25) is 0 Å². The molecule has 0 unspecified atom stereocenters. The highest BCUT2D eigenvalue weighted by atomic mass is 16.2. The zero-order valence-corrected chi connectivity index (χ0v) is 25.2. The number of hydrogen-bond donors (Lipinski definition) is 3. The maximum Gasteiger partial charge on any atom is 0.248 e. The fraction of sp³-hybridized carbons (Fsp3) is 0.171. The van der Waals surface area contributed by atoms with Crippen molar-refractivity contribution in [2.45, 2.75) is 13.0 Å². The minimum Gasteiger partial charge on any atom is -0.353 e. The van der Waals surface area contributed by atoms with E-state index in [4.69, 9.17) is 5.10 Å². The predicted molar refractivity (Wildman–Crippen MR) is 180 cm³/mol. The van der Waals surface area contributed by atoms with Gasteiger partial charge in [-0.25, -0.2) is 9.97 Å². The number of amides is 2. The molecule has 0 bridgehead atoms. The Morgan fingerprint density at radius 2 is 1.64 bits per heavy atom. The molecule has 0 aliphatic carbocycles. The SMILES string of the molecule is CN(C)CCCNC(=O)C=CC(=O)Nc1ccc2ncnc(Nc3cc4cn(Cc5ccccc5)nc4c4ccccc34)c2c1. The molecule has 0 atom stereocenters. The Morgan fingerprint density at radius 1 is 0.867 bits per heavy atom. The fourth-order valence-electron chi connectivity index (χ4n) is 5.23. The van der Waals surface area contributed by atoms with Gasteiger partial charge in [0.25, 0.3) is 0 Å². The third kappa shape index (κ3) is 7.14. The molecule has 6 rings (SSSR count). The van der Waals surface area contributed by atoms with Gasteiger partial charge in [0, 0.05) is 57.8 Å². The second kappa shape index (κ2) is 13.4. The quantitative estimate of drug-likeness (QED) is 0.133. The molecule has 226 valence electrons. The predicted octanol–water partition coefficient (Wildman–Crippen LogP) is 5.49. The summed E-state index contributed by atoms with van der Waals surface area (Å²) in [7, 11) is 3.96. The molecule has 2 heterocycles. The summed E-state index contributed by atoms with van der Waals surface area (Å²) in [6, 6.07) is 25.9. The van der Waals surface area contributed by atoms with Gasteiger partial charge in [-0.3, -0.25) is 14.3 Å². The molecule has 3 N–H and O–H groups in total. The van der Waals surface area contributed by atoms with Gasteiger partial charge >= 0.3 is 0 Å². The average molecular weight is 599 g/mol. The molecule has 45 heavy (non-hydrogen) atoms. The van der Waals surface area contributed by atoms with Crippen LogP contribution in [-0.4, -0.2) is 63.6 Å². The van der Waals surface area contributed by atoms with Crippen molar-refractivity contribution in [2.75, 3.05) is 37.8 Å². The van der Waals surface area contributed by atoms with Gasteiger partial charge in [0.2, 0.25) is 11.8 Å². The normalized spacial score (nSPS) is 11.5. The first-order valence-electron chi connectivity index (χ1n) is 14.8. The highest BCUT2D eigenvalue weighted by molar-refractivity contribution is 6.12. The maximum atomic E-state index is 12.6. The Labute approximate surface area is 260 Å². The summed E-state index contributed by atoms with van der Waals surface area (Å²) in [5.74, 6) is -0.116. The standard InChI is InChI=1S/C35H34N8O2/c1-42(2)18-8-17-36-32(44)15-16-33(45)39-26-13-14-30-29(20-26)35(38-23-37-30)40-31-19-25-22-43(21-24-9-4-3-5-10-24)41-34(25)28-12-7-6-11-27(28)31/h3-7,9-16,19-20,22-23H,8,17-18,21H2,1-2H3,(H,36,44)(H,39,45)(H,37,38,40). The summed E-state index contributed by atoms with van der Waals surface area (Å²) in [4.78, 5) is 35.7. The number of rotatable bonds is 11. The Kier molecular flexibility index (Phi) is 8.74. The van der Waals surface area contributed by atoms with E-state index in [-0.39, 0.29) is 5.91 Å². The molecule has 0 spiro atoms. The number of aromatic nitrogens is 4. The van der Waals surface area contributed by atoms with Gasteiger partial charge in [0.15, 0.2) is 0 Å². The van der Waals surface area contributed by atoms with E-state index < -0.39 is 5.91 Å². The van der Waals surface area contributed by atoms with Crippen LogP contribution in [0.4, 0.5) is 17.2 Å². The number of carbonyl (C=O) groups is 2. The van der Waals surface area contributed by atoms with Crippen molar-refractivity contribution in [2.24, 2.45) is 0 Å². The van der Waals surface area contributed by atoms with Gasteiger partial charge in [-0.05, 0) is 56.9 Å². The van der Waals surface area contributed by atoms with Gasteiger partial charge in [0.1, 0.15) is 17.7 Å². The third-order valence-electron chi connectivity index (χ3n) is 7.37. The number of nitrogens with zero attached hydrogens (tertiary/aromatic N) is 5. The molecular weight excluding hydrogens is 564 g/mol. The van der Waals surface area contributed by atoms with E-state index in [1.165, 1.54) is 24.0 Å². The molecule has 2 amide bonds. The largest absolute Gasteiger partial charge is 0.353 e. The summed E-state index contributed by atoms with van der Waals surface area (Å²) in [6.45, 7) is 2.09. The lowest BCUT2D eigenvalue weighted by molar-refractivity contribution is -0.117. The second-order valence-corrected chi connectivity index (χ2v) is 11.1. The van der Waals surface area contributed by atoms with Crippen LogP contribution in [0.3, 0.4) is 0 Å². The molecule has 10 nitrogen and oxygen atoms in total. The van der Waals surface area contributed by atoms with Crippen LogP contribution in [-0.2, 0) is 16.1 Å². The van der Waals surface area contributed by atoms with Crippen molar-refractivity contribution in [1.82, 2.24) is 30.0 Å². The fourth-order valence-corrected chi connectivity index (χ4v) is 5.23. The lowest BCUT2D eigenvalue weighted by Gasteiger charge is -2.12. The van der Waals surface area contributed by atoms with Crippen molar-refractivity contribution < 1.29 is 9.59 Å². The Bertz CT molecular complexity index is 2020. The second-order valence-electron chi connectivity index (χ2n) is 11.1. The van der Waals surface area contributed by atoms with Crippen molar-refractivity contribution in [3.63, 3.8) is 0 Å². The first-order valence-corrected chi connectivity index (χ1v) is 14.8. The molecule has 4 aromatic carbocycles. The molecule has 0 saturated carbocycles. The highest BCUT2D eigenvalue weighted by Crippen LogP contribution is 2.34. The third-order valence-corrected chi connectivity index (χ3v) is 7.37. The van der Waals surface area contributed by atoms with E-state index in [0.717, 1.165) is 51.2 Å². The van der Waals surface area contributed by atoms with Gasteiger partial charge < -0.3 is 20.9 Å². The van der Waals surface area contributed by atoms with Gasteiger partial charge in [-0.1, -0.05) is 54.6 Å². The minimum absolute atomic E-state index is 0.308. The van der Waals surface area contributed by atoms with Crippen molar-refractivity contribution in [1.29, 1.82) is 0 Å². The van der Waals surface area contributed by atoms with E-state index in [2.05, 4.69) is 62.4 Å². The average Bonchev–Trinajstić information content (AvgIpc) is 3.45. The van der Waals surface area contributed by atoms with E-state index in [0.29, 0.717) is 24.6 Å². The molecule has 0 radical (unpaired) electrons. The van der Waals surface area contributed by atoms with E-state index in [1.54, 1.807) is 6.07 Å². The van der Waals surface area contributed by atoms with Gasteiger partial charge in [0.05, 0.1) is 12.1 Å². The van der Waals surface area contributed by atoms with Crippen LogP contribution in [0.15, 0.2) is 104 Å². The number of nitrogens with one attached hydrogen (secondary N) is 3. The molecule has 0 fully saturated rings. The van der Waals surface area contributed by atoms with E-state index >= 15 is 0 Å². The van der Waals surface area contributed by atoms with Crippen LogP contribution in [0, 0.1) is 0 Å². The van der Waals surface area contributed by atoms with Crippen LogP contribution in [0.5, 0.6) is 0 Å². The topological polar surface area (TPSA) is 117 Å². The summed E-state index contributed by atoms with van der Waals surface area (Å²) in [5, 5.41) is 17.8. The van der Waals surface area contributed by atoms with E-state index in [1.807, 2.05) is 66.1 Å². The molecule has 0 aliphatic heterocycles. The lowest BCUT2D eigenvalue weighted by Crippen LogP contribution is -2.25. The number of fused-ring (bicyclic) bond motifs is 4. The van der Waals surface area contributed by atoms with Crippen LogP contribution < -0.4 is 16.0 Å². The van der Waals surface area contributed by atoms with E-state index in [9.17, 15) is 9.59 Å². The zero-order chi connectivity index (χ0) is 31.2. The molecular formula is C35H34N8O2. The maximum absolute atomic E-state index is 12.6. The zero-order valence-electron chi connectivity index (χ0n) is 25.2. The van der Waals surface area contributed by atoms with Crippen molar-refractivity contribution in [3.05, 3.63) is 109 Å². The van der Waals surface area contributed by atoms with Crippen LogP contribution >= 0.6 is 0 Å². The van der Waals surface area contributed by atoms with Gasteiger partial charge in [-0.15, -0.1) is 0 Å². The lowest BCUT2D eigenvalue weighted by atomic mass is 10.1. The number of carbonyl (C=O) groups excluding carboxylic acids is 2. The molecule has 10 heteroatoms. The smallest absolute Gasteiger partial charge is 0.248 e. The first-order chi connectivity index (χ1) is 21.9. The van der Waals surface area contributed by atoms with Crippen LogP contribution in [0.25, 0.3) is 32.6 Å². The molecule has 6 aromatic rings.